The Kier molecular flexibility index (Phi) is 4.13. The molecule has 0 aliphatic carbocycles. The third kappa shape index (κ3) is 3.10. The van der Waals surface area contributed by atoms with Crippen LogP contribution in [0.2, 0.25) is 0 Å². The molecule has 19 heavy (non-hydrogen) atoms. The first kappa shape index (κ1) is 13.5. The summed E-state index contributed by atoms with van der Waals surface area (Å²) in [5.74, 6) is -1.04. The predicted octanol–water partition coefficient (Wildman–Crippen LogP) is 0.380. The number of carboxylic acid groups (broad SMARTS) is 1. The molecule has 1 amide bonds. The van der Waals surface area contributed by atoms with Gasteiger partial charge in [0.2, 0.25) is 5.91 Å². The molecule has 0 radical (unpaired) electrons. The summed E-state index contributed by atoms with van der Waals surface area (Å²) >= 11 is 0. The van der Waals surface area contributed by atoms with Gasteiger partial charge in [-0.15, -0.1) is 0 Å². The average molecular weight is 266 g/mol. The average Bonchev–Trinajstić information content (AvgIpc) is 2.88. The van der Waals surface area contributed by atoms with Gasteiger partial charge in [0.25, 0.3) is 0 Å². The van der Waals surface area contributed by atoms with Crippen molar-refractivity contribution >= 4 is 11.9 Å². The largest absolute Gasteiger partial charge is 0.480 e. The van der Waals surface area contributed by atoms with Crippen molar-refractivity contribution in [1.29, 1.82) is 0 Å². The van der Waals surface area contributed by atoms with Gasteiger partial charge < -0.3 is 10.0 Å². The minimum Gasteiger partial charge on any atom is -0.480 e. The van der Waals surface area contributed by atoms with Gasteiger partial charge in [-0.2, -0.15) is 5.10 Å². The van der Waals surface area contributed by atoms with Gasteiger partial charge in [-0.25, -0.2) is 9.78 Å². The summed E-state index contributed by atoms with van der Waals surface area (Å²) in [6.07, 6.45) is 4.91. The molecule has 1 aliphatic rings. The molecule has 1 saturated heterocycles. The molecule has 2 rings (SSSR count). The van der Waals surface area contributed by atoms with Crippen molar-refractivity contribution in [3.8, 4) is 0 Å². The maximum absolute atomic E-state index is 12.2. The molecule has 2 heterocycles. The van der Waals surface area contributed by atoms with Crippen molar-refractivity contribution in [1.82, 2.24) is 19.7 Å². The second-order valence-corrected chi connectivity index (χ2v) is 4.90. The van der Waals surface area contributed by atoms with Crippen LogP contribution in [0.5, 0.6) is 0 Å². The van der Waals surface area contributed by atoms with E-state index in [-0.39, 0.29) is 18.2 Å². The van der Waals surface area contributed by atoms with E-state index >= 15 is 0 Å². The highest BCUT2D eigenvalue weighted by Crippen LogP contribution is 2.24. The Hall–Kier alpha value is -1.92. The molecule has 0 bridgehead atoms. The summed E-state index contributed by atoms with van der Waals surface area (Å²) in [6.45, 7) is 2.84. The lowest BCUT2D eigenvalue weighted by Crippen LogP contribution is -2.52. The van der Waals surface area contributed by atoms with Crippen LogP contribution in [0.25, 0.3) is 0 Å². The number of amides is 1. The van der Waals surface area contributed by atoms with Crippen molar-refractivity contribution in [3.05, 3.63) is 12.7 Å². The van der Waals surface area contributed by atoms with E-state index in [9.17, 15) is 14.7 Å². The standard InChI is InChI=1S/C12H18N4O3/c1-9-3-2-5-16(11(9)12(18)19)10(17)4-6-15-8-13-7-14-15/h7-9,11H,2-6H2,1H3,(H,18,19). The van der Waals surface area contributed by atoms with Crippen LogP contribution in [0.15, 0.2) is 12.7 Å². The number of hydrogen-bond acceptors (Lipinski definition) is 4. The molecule has 104 valence electrons. The topological polar surface area (TPSA) is 88.3 Å². The number of aryl methyl sites for hydroxylation is 1. The number of hydrogen-bond donors (Lipinski definition) is 1. The fraction of sp³-hybridized carbons (Fsp3) is 0.667. The normalized spacial score (nSPS) is 23.3. The summed E-state index contributed by atoms with van der Waals surface area (Å²) in [7, 11) is 0. The van der Waals surface area contributed by atoms with Crippen LogP contribution in [0.1, 0.15) is 26.2 Å². The second-order valence-electron chi connectivity index (χ2n) is 4.90. The third-order valence-electron chi connectivity index (χ3n) is 3.53. The van der Waals surface area contributed by atoms with Crippen molar-refractivity contribution in [2.45, 2.75) is 38.8 Å². The minimum atomic E-state index is -0.915. The highest BCUT2D eigenvalue weighted by Gasteiger charge is 2.36. The molecule has 2 unspecified atom stereocenters. The van der Waals surface area contributed by atoms with Crippen LogP contribution >= 0.6 is 0 Å². The zero-order chi connectivity index (χ0) is 13.8. The lowest BCUT2D eigenvalue weighted by atomic mass is 9.90. The van der Waals surface area contributed by atoms with Gasteiger partial charge in [-0.1, -0.05) is 6.92 Å². The molecule has 1 aromatic heterocycles. The smallest absolute Gasteiger partial charge is 0.326 e. The maximum Gasteiger partial charge on any atom is 0.326 e. The summed E-state index contributed by atoms with van der Waals surface area (Å²) in [5.41, 5.74) is 0. The zero-order valence-corrected chi connectivity index (χ0v) is 10.9. The van der Waals surface area contributed by atoms with Crippen molar-refractivity contribution in [2.24, 2.45) is 5.92 Å². The first-order valence-electron chi connectivity index (χ1n) is 6.44. The van der Waals surface area contributed by atoms with Gasteiger partial charge >= 0.3 is 5.97 Å². The molecule has 7 heteroatoms. The molecule has 0 saturated carbocycles. The van der Waals surface area contributed by atoms with Gasteiger partial charge in [0.05, 0.1) is 6.54 Å². The Morgan fingerprint density at radius 3 is 2.89 bits per heavy atom. The highest BCUT2D eigenvalue weighted by atomic mass is 16.4. The van der Waals surface area contributed by atoms with E-state index in [0.29, 0.717) is 13.1 Å². The SMILES string of the molecule is CC1CCCN(C(=O)CCn2cncn2)C1C(=O)O. The van der Waals surface area contributed by atoms with E-state index in [4.69, 9.17) is 0 Å². The molecular weight excluding hydrogens is 248 g/mol. The number of nitrogens with zero attached hydrogens (tertiary/aromatic N) is 4. The Morgan fingerprint density at radius 2 is 2.26 bits per heavy atom. The molecule has 2 atom stereocenters. The molecule has 0 spiro atoms. The number of likely N-dealkylation sites (tertiary alicyclic amines) is 1. The lowest BCUT2D eigenvalue weighted by Gasteiger charge is -2.37. The maximum atomic E-state index is 12.2. The molecule has 7 nitrogen and oxygen atoms in total. The molecule has 1 fully saturated rings. The number of rotatable bonds is 4. The molecule has 0 aromatic carbocycles. The second kappa shape index (κ2) is 5.81. The molecule has 1 aromatic rings. The third-order valence-corrected chi connectivity index (χ3v) is 3.53. The van der Waals surface area contributed by atoms with E-state index in [1.165, 1.54) is 11.2 Å². The van der Waals surface area contributed by atoms with Crippen molar-refractivity contribution < 1.29 is 14.7 Å². The van der Waals surface area contributed by atoms with Gasteiger partial charge in [-0.3, -0.25) is 9.48 Å². The number of aromatic nitrogens is 3. The quantitative estimate of drug-likeness (QED) is 0.851. The van der Waals surface area contributed by atoms with Gasteiger partial charge in [-0.05, 0) is 18.8 Å². The molecule has 1 aliphatic heterocycles. The Bertz CT molecular complexity index is 446. The first-order chi connectivity index (χ1) is 9.09. The van der Waals surface area contributed by atoms with E-state index in [2.05, 4.69) is 10.1 Å². The summed E-state index contributed by atoms with van der Waals surface area (Å²) in [5, 5.41) is 13.2. The van der Waals surface area contributed by atoms with Crippen LogP contribution in [0, 0.1) is 5.92 Å². The van der Waals surface area contributed by atoms with Crippen molar-refractivity contribution in [3.63, 3.8) is 0 Å². The van der Waals surface area contributed by atoms with E-state index in [0.717, 1.165) is 12.8 Å². The van der Waals surface area contributed by atoms with Crippen LogP contribution < -0.4 is 0 Å². The summed E-state index contributed by atoms with van der Waals surface area (Å²) < 4.78 is 1.57. The zero-order valence-electron chi connectivity index (χ0n) is 10.9. The van der Waals surface area contributed by atoms with Crippen LogP contribution in [0.3, 0.4) is 0 Å². The summed E-state index contributed by atoms with van der Waals surface area (Å²) in [4.78, 5) is 28.7. The first-order valence-corrected chi connectivity index (χ1v) is 6.44. The monoisotopic (exact) mass is 266 g/mol. The number of piperidine rings is 1. The number of carbonyl (C=O) groups is 2. The van der Waals surface area contributed by atoms with Gasteiger partial charge in [0.15, 0.2) is 0 Å². The lowest BCUT2D eigenvalue weighted by molar-refractivity contribution is -0.154. The number of aliphatic carboxylic acids is 1. The Balaban J connectivity index is 1.97. The van der Waals surface area contributed by atoms with E-state index in [1.807, 2.05) is 6.92 Å². The highest BCUT2D eigenvalue weighted by molar-refractivity contribution is 5.84. The Labute approximate surface area is 111 Å². The van der Waals surface area contributed by atoms with Crippen LogP contribution in [0.4, 0.5) is 0 Å². The minimum absolute atomic E-state index is 0.00145. The van der Waals surface area contributed by atoms with E-state index < -0.39 is 12.0 Å². The molecule has 1 N–H and O–H groups in total. The summed E-state index contributed by atoms with van der Waals surface area (Å²) in [6, 6.07) is -0.697. The van der Waals surface area contributed by atoms with E-state index in [1.54, 1.807) is 11.0 Å². The number of carboxylic acids is 1. The van der Waals surface area contributed by atoms with Gasteiger partial charge in [0.1, 0.15) is 18.7 Å². The van der Waals surface area contributed by atoms with Gasteiger partial charge in [0, 0.05) is 13.0 Å². The van der Waals surface area contributed by atoms with Crippen LogP contribution in [-0.2, 0) is 16.1 Å². The fourth-order valence-corrected chi connectivity index (χ4v) is 2.55. The Morgan fingerprint density at radius 1 is 1.47 bits per heavy atom. The fourth-order valence-electron chi connectivity index (χ4n) is 2.55. The number of carbonyl (C=O) groups excluding carboxylic acids is 1. The molecular formula is C12H18N4O3. The van der Waals surface area contributed by atoms with Crippen molar-refractivity contribution in [2.75, 3.05) is 6.54 Å². The predicted molar refractivity (Wildman–Crippen MR) is 66.2 cm³/mol. The van der Waals surface area contributed by atoms with Crippen LogP contribution in [-0.4, -0.2) is 49.2 Å².